The second-order valence-corrected chi connectivity index (χ2v) is 11.7. The molecule has 0 spiro atoms. The van der Waals surface area contributed by atoms with Crippen LogP contribution in [0, 0.1) is 23.2 Å². The molecule has 4 fully saturated rings. The van der Waals surface area contributed by atoms with Gasteiger partial charge in [0.25, 0.3) is 0 Å². The Kier molecular flexibility index (Phi) is 4.75. The highest BCUT2D eigenvalue weighted by Crippen LogP contribution is 2.61. The number of rotatable bonds is 6. The Morgan fingerprint density at radius 2 is 1.73 bits per heavy atom. The van der Waals surface area contributed by atoms with Gasteiger partial charge < -0.3 is 4.57 Å². The van der Waals surface area contributed by atoms with Crippen LogP contribution in [0.2, 0.25) is 0 Å². The predicted molar refractivity (Wildman–Crippen MR) is 122 cm³/mol. The van der Waals surface area contributed by atoms with Gasteiger partial charge in [-0.2, -0.15) is 0 Å². The molecule has 0 atom stereocenters. The summed E-state index contributed by atoms with van der Waals surface area (Å²) < 4.78 is 2.24. The van der Waals surface area contributed by atoms with Gasteiger partial charge >= 0.3 is 0 Å². The van der Waals surface area contributed by atoms with Gasteiger partial charge in [-0.3, -0.25) is 0 Å². The molecule has 4 aliphatic carbocycles. The first kappa shape index (κ1) is 19.1. The van der Waals surface area contributed by atoms with Crippen LogP contribution in [0.1, 0.15) is 50.0 Å². The minimum absolute atomic E-state index is 0.511. The molecular formula is C24H28N4S2. The number of nitrogens with zero attached hydrogens (tertiary/aromatic N) is 4. The molecule has 2 aromatic heterocycles. The summed E-state index contributed by atoms with van der Waals surface area (Å²) in [5.74, 6) is 4.99. The van der Waals surface area contributed by atoms with Crippen molar-refractivity contribution in [1.29, 1.82) is 0 Å². The van der Waals surface area contributed by atoms with E-state index in [1.165, 1.54) is 49.9 Å². The molecule has 0 aliphatic heterocycles. The quantitative estimate of drug-likeness (QED) is 0.445. The molecule has 7 rings (SSSR count). The van der Waals surface area contributed by atoms with Crippen LogP contribution in [0.3, 0.4) is 0 Å². The third-order valence-corrected chi connectivity index (χ3v) is 9.54. The normalized spacial score (nSPS) is 29.6. The lowest BCUT2D eigenvalue weighted by Gasteiger charge is -2.56. The summed E-state index contributed by atoms with van der Waals surface area (Å²) in [5.41, 5.74) is 2.82. The average Bonchev–Trinajstić information content (AvgIpc) is 3.33. The van der Waals surface area contributed by atoms with Crippen molar-refractivity contribution in [3.63, 3.8) is 0 Å². The van der Waals surface area contributed by atoms with Gasteiger partial charge in [0, 0.05) is 30.2 Å². The molecule has 156 valence electrons. The van der Waals surface area contributed by atoms with Gasteiger partial charge in [-0.05, 0) is 61.7 Å². The van der Waals surface area contributed by atoms with Gasteiger partial charge in [0.15, 0.2) is 5.16 Å². The summed E-state index contributed by atoms with van der Waals surface area (Å²) in [6, 6.07) is 10.4. The topological polar surface area (TPSA) is 43.6 Å². The zero-order valence-corrected chi connectivity index (χ0v) is 19.1. The maximum absolute atomic E-state index is 4.82. The fourth-order valence-corrected chi connectivity index (χ4v) is 8.45. The van der Waals surface area contributed by atoms with Crippen molar-refractivity contribution in [2.75, 3.05) is 0 Å². The summed E-state index contributed by atoms with van der Waals surface area (Å²) in [7, 11) is 2.15. The van der Waals surface area contributed by atoms with E-state index in [4.69, 9.17) is 4.98 Å². The molecule has 4 aliphatic rings. The van der Waals surface area contributed by atoms with Crippen molar-refractivity contribution in [1.82, 2.24) is 19.7 Å². The summed E-state index contributed by atoms with van der Waals surface area (Å²) in [5, 5.41) is 13.5. The molecule has 30 heavy (non-hydrogen) atoms. The Morgan fingerprint density at radius 3 is 2.43 bits per heavy atom. The average molecular weight is 437 g/mol. The van der Waals surface area contributed by atoms with Crippen molar-refractivity contribution < 1.29 is 0 Å². The Morgan fingerprint density at radius 1 is 1.03 bits per heavy atom. The highest BCUT2D eigenvalue weighted by molar-refractivity contribution is 7.98. The number of aromatic nitrogens is 4. The van der Waals surface area contributed by atoms with Crippen LogP contribution in [0.15, 0.2) is 40.9 Å². The molecule has 4 saturated carbocycles. The lowest BCUT2D eigenvalue weighted by atomic mass is 9.49. The molecule has 0 N–H and O–H groups in total. The lowest BCUT2D eigenvalue weighted by molar-refractivity contribution is -0.0535. The summed E-state index contributed by atoms with van der Waals surface area (Å²) in [6.45, 7) is 0. The van der Waals surface area contributed by atoms with Gasteiger partial charge in [-0.15, -0.1) is 21.5 Å². The summed E-state index contributed by atoms with van der Waals surface area (Å²) in [6.07, 6.45) is 9.89. The molecule has 1 aromatic carbocycles. The molecular weight excluding hydrogens is 408 g/mol. The Labute approximate surface area is 186 Å². The number of hydrogen-bond donors (Lipinski definition) is 0. The van der Waals surface area contributed by atoms with Gasteiger partial charge in [-0.25, -0.2) is 4.98 Å². The summed E-state index contributed by atoms with van der Waals surface area (Å²) in [4.78, 5) is 4.82. The van der Waals surface area contributed by atoms with E-state index >= 15 is 0 Å². The van der Waals surface area contributed by atoms with Crippen molar-refractivity contribution in [3.8, 4) is 10.6 Å². The molecule has 6 heteroatoms. The minimum Gasteiger partial charge on any atom is -0.309 e. The van der Waals surface area contributed by atoms with Crippen molar-refractivity contribution in [2.45, 2.75) is 55.9 Å². The molecule has 2 heterocycles. The fraction of sp³-hybridized carbons (Fsp3) is 0.542. The lowest BCUT2D eigenvalue weighted by Crippen LogP contribution is -2.47. The van der Waals surface area contributed by atoms with Crippen LogP contribution in [0.25, 0.3) is 10.6 Å². The molecule has 3 aromatic rings. The second-order valence-electron chi connectivity index (χ2n) is 9.85. The smallest absolute Gasteiger partial charge is 0.191 e. The van der Waals surface area contributed by atoms with E-state index in [2.05, 4.69) is 51.5 Å². The molecule has 4 bridgehead atoms. The number of thiazole rings is 1. The van der Waals surface area contributed by atoms with Gasteiger partial charge in [-0.1, -0.05) is 42.1 Å². The SMILES string of the molecule is Cn1c(CC23CC4CC(CC(C4)C2)C3)nnc1SCc1csc(-c2ccccc2)n1. The van der Waals surface area contributed by atoms with Gasteiger partial charge in [0.2, 0.25) is 0 Å². The first-order valence-electron chi connectivity index (χ1n) is 11.2. The maximum atomic E-state index is 4.82. The second kappa shape index (κ2) is 7.49. The van der Waals surface area contributed by atoms with E-state index in [-0.39, 0.29) is 0 Å². The van der Waals surface area contributed by atoms with Crippen LogP contribution in [0.5, 0.6) is 0 Å². The Hall–Kier alpha value is -1.66. The van der Waals surface area contributed by atoms with Crippen molar-refractivity contribution >= 4 is 23.1 Å². The highest BCUT2D eigenvalue weighted by Gasteiger charge is 2.51. The van der Waals surface area contributed by atoms with Crippen LogP contribution in [0.4, 0.5) is 0 Å². The summed E-state index contributed by atoms with van der Waals surface area (Å²) >= 11 is 3.47. The first-order valence-corrected chi connectivity index (χ1v) is 13.0. The van der Waals surface area contributed by atoms with E-state index < -0.39 is 0 Å². The zero-order chi connectivity index (χ0) is 20.1. The van der Waals surface area contributed by atoms with E-state index in [1.54, 1.807) is 23.1 Å². The van der Waals surface area contributed by atoms with Gasteiger partial charge in [0.05, 0.1) is 5.69 Å². The predicted octanol–water partition coefficient (Wildman–Crippen LogP) is 5.99. The number of thioether (sulfide) groups is 1. The minimum atomic E-state index is 0.511. The van der Waals surface area contributed by atoms with Crippen LogP contribution in [-0.2, 0) is 19.2 Å². The molecule has 0 saturated heterocycles. The van der Waals surface area contributed by atoms with Crippen LogP contribution in [-0.4, -0.2) is 19.7 Å². The highest BCUT2D eigenvalue weighted by atomic mass is 32.2. The standard InChI is InChI=1S/C24H28N4S2/c1-28-21(13-24-10-16-7-17(11-24)9-18(8-16)12-24)26-27-23(28)30-15-20-14-29-22(25-20)19-5-3-2-4-6-19/h2-6,14,16-18H,7-13,15H2,1H3. The number of benzene rings is 1. The Bertz CT molecular complexity index is 1000. The fourth-order valence-electron chi connectivity index (χ4n) is 6.69. The largest absolute Gasteiger partial charge is 0.309 e. The number of hydrogen-bond acceptors (Lipinski definition) is 5. The molecule has 0 unspecified atom stereocenters. The van der Waals surface area contributed by atoms with Gasteiger partial charge in [0.1, 0.15) is 10.8 Å². The molecule has 4 nitrogen and oxygen atoms in total. The van der Waals surface area contributed by atoms with E-state index in [0.717, 1.165) is 45.8 Å². The van der Waals surface area contributed by atoms with E-state index in [0.29, 0.717) is 5.41 Å². The maximum Gasteiger partial charge on any atom is 0.191 e. The van der Waals surface area contributed by atoms with E-state index in [9.17, 15) is 0 Å². The van der Waals surface area contributed by atoms with Crippen molar-refractivity contribution in [2.24, 2.45) is 30.2 Å². The molecule has 0 radical (unpaired) electrons. The Balaban J connectivity index is 1.13. The zero-order valence-electron chi connectivity index (χ0n) is 17.5. The third kappa shape index (κ3) is 3.52. The first-order chi connectivity index (χ1) is 14.7. The molecule has 0 amide bonds. The van der Waals surface area contributed by atoms with Crippen LogP contribution < -0.4 is 0 Å². The monoisotopic (exact) mass is 436 g/mol. The van der Waals surface area contributed by atoms with Crippen molar-refractivity contribution in [3.05, 3.63) is 47.2 Å². The van der Waals surface area contributed by atoms with Crippen LogP contribution >= 0.6 is 23.1 Å². The third-order valence-electron chi connectivity index (χ3n) is 7.54. The van der Waals surface area contributed by atoms with E-state index in [1.807, 2.05) is 6.07 Å².